The lowest BCUT2D eigenvalue weighted by Gasteiger charge is -2.09. The van der Waals surface area contributed by atoms with E-state index in [4.69, 9.17) is 0 Å². The maximum absolute atomic E-state index is 9.66. The van der Waals surface area contributed by atoms with Gasteiger partial charge in [0.15, 0.2) is 11.5 Å². The lowest BCUT2D eigenvalue weighted by Crippen LogP contribution is -1.90. The molecule has 0 bridgehead atoms. The minimum atomic E-state index is -0.257. The summed E-state index contributed by atoms with van der Waals surface area (Å²) in [6.07, 6.45) is 0. The van der Waals surface area contributed by atoms with Gasteiger partial charge in [0.1, 0.15) is 5.69 Å². The van der Waals surface area contributed by atoms with Crippen LogP contribution in [-0.4, -0.2) is 10.2 Å². The molecule has 4 heteroatoms. The molecule has 2 aromatic rings. The van der Waals surface area contributed by atoms with Crippen molar-refractivity contribution in [3.8, 4) is 11.5 Å². The lowest BCUT2D eigenvalue weighted by molar-refractivity contribution is 0.404. The van der Waals surface area contributed by atoms with Crippen molar-refractivity contribution in [1.29, 1.82) is 0 Å². The van der Waals surface area contributed by atoms with Crippen molar-refractivity contribution in [3.05, 3.63) is 47.5 Å². The molecule has 0 atom stereocenters. The summed E-state index contributed by atoms with van der Waals surface area (Å²) in [5.74, 6) is -0.0417. The Morgan fingerprint density at radius 1 is 1.00 bits per heavy atom. The van der Waals surface area contributed by atoms with Gasteiger partial charge in [-0.05, 0) is 48.2 Å². The lowest BCUT2D eigenvalue weighted by atomic mass is 9.98. The van der Waals surface area contributed by atoms with E-state index in [0.29, 0.717) is 5.92 Å². The second-order valence-corrected chi connectivity index (χ2v) is 5.04. The largest absolute Gasteiger partial charge is 0.504 e. The molecule has 4 nitrogen and oxygen atoms in total. The second kappa shape index (κ2) is 5.74. The van der Waals surface area contributed by atoms with Crippen LogP contribution in [0.3, 0.4) is 0 Å². The zero-order valence-corrected chi connectivity index (χ0v) is 11.8. The maximum Gasteiger partial charge on any atom is 0.185 e. The molecule has 0 aromatic heterocycles. The topological polar surface area (TPSA) is 65.2 Å². The van der Waals surface area contributed by atoms with E-state index in [0.717, 1.165) is 5.69 Å². The van der Waals surface area contributed by atoms with Crippen LogP contribution in [0.25, 0.3) is 0 Å². The van der Waals surface area contributed by atoms with E-state index in [9.17, 15) is 10.2 Å². The molecule has 0 unspecified atom stereocenters. The van der Waals surface area contributed by atoms with E-state index in [2.05, 4.69) is 31.0 Å². The Morgan fingerprint density at radius 2 is 1.75 bits per heavy atom. The molecule has 0 saturated heterocycles. The van der Waals surface area contributed by atoms with Crippen molar-refractivity contribution in [2.75, 3.05) is 0 Å². The Kier molecular flexibility index (Phi) is 4.03. The summed E-state index contributed by atoms with van der Waals surface area (Å²) < 4.78 is 0. The Balaban J connectivity index is 2.32. The van der Waals surface area contributed by atoms with Crippen LogP contribution in [0.2, 0.25) is 0 Å². The summed E-state index contributed by atoms with van der Waals surface area (Å²) in [6.45, 7) is 6.33. The average Bonchev–Trinajstić information content (AvgIpc) is 2.41. The number of hydrogen-bond donors (Lipinski definition) is 2. The van der Waals surface area contributed by atoms with E-state index >= 15 is 0 Å². The van der Waals surface area contributed by atoms with Crippen LogP contribution in [-0.2, 0) is 0 Å². The highest BCUT2D eigenvalue weighted by molar-refractivity contribution is 5.58. The number of rotatable bonds is 3. The van der Waals surface area contributed by atoms with E-state index in [1.807, 2.05) is 18.2 Å². The smallest absolute Gasteiger partial charge is 0.185 e. The van der Waals surface area contributed by atoms with Gasteiger partial charge in [0.2, 0.25) is 0 Å². The molecule has 2 N–H and O–H groups in total. The predicted octanol–water partition coefficient (Wildman–Crippen LogP) is 4.95. The predicted molar refractivity (Wildman–Crippen MR) is 79.2 cm³/mol. The molecule has 0 spiro atoms. The summed E-state index contributed by atoms with van der Waals surface area (Å²) in [7, 11) is 0. The zero-order valence-electron chi connectivity index (χ0n) is 11.8. The Hall–Kier alpha value is -2.36. The fourth-order valence-electron chi connectivity index (χ4n) is 2.02. The van der Waals surface area contributed by atoms with Crippen molar-refractivity contribution >= 4 is 11.4 Å². The molecule has 0 saturated carbocycles. The van der Waals surface area contributed by atoms with Gasteiger partial charge >= 0.3 is 0 Å². The normalized spacial score (nSPS) is 11.4. The number of hydrogen-bond acceptors (Lipinski definition) is 4. The summed E-state index contributed by atoms with van der Waals surface area (Å²) in [5, 5.41) is 27.2. The quantitative estimate of drug-likeness (QED) is 0.612. The van der Waals surface area contributed by atoms with Crippen LogP contribution in [0.5, 0.6) is 11.5 Å². The zero-order chi connectivity index (χ0) is 14.7. The highest BCUT2D eigenvalue weighted by Crippen LogP contribution is 2.35. The molecule has 0 amide bonds. The number of nitrogens with zero attached hydrogens (tertiary/aromatic N) is 2. The number of phenols is 2. The van der Waals surface area contributed by atoms with Crippen molar-refractivity contribution in [3.63, 3.8) is 0 Å². The molecule has 0 aliphatic heterocycles. The summed E-state index contributed by atoms with van der Waals surface area (Å²) in [5.41, 5.74) is 3.42. The molecular weight excluding hydrogens is 252 g/mol. The molecule has 0 heterocycles. The molecule has 0 aliphatic carbocycles. The van der Waals surface area contributed by atoms with Gasteiger partial charge in [0.05, 0.1) is 5.69 Å². The van der Waals surface area contributed by atoms with Crippen LogP contribution < -0.4 is 0 Å². The van der Waals surface area contributed by atoms with Crippen LogP contribution in [0, 0.1) is 6.92 Å². The molecular formula is C16H18N2O2. The number of aromatic hydroxyl groups is 2. The first-order chi connectivity index (χ1) is 9.49. The fourth-order valence-corrected chi connectivity index (χ4v) is 2.02. The Labute approximate surface area is 118 Å². The first kappa shape index (κ1) is 14.1. The number of benzene rings is 2. The minimum Gasteiger partial charge on any atom is -0.504 e. The van der Waals surface area contributed by atoms with Crippen molar-refractivity contribution in [2.24, 2.45) is 10.2 Å². The highest BCUT2D eigenvalue weighted by Gasteiger charge is 2.06. The van der Waals surface area contributed by atoms with Gasteiger partial charge in [0, 0.05) is 0 Å². The first-order valence-corrected chi connectivity index (χ1v) is 6.52. The molecule has 20 heavy (non-hydrogen) atoms. The van der Waals surface area contributed by atoms with Crippen LogP contribution in [0.4, 0.5) is 11.4 Å². The van der Waals surface area contributed by atoms with Crippen molar-refractivity contribution < 1.29 is 10.2 Å². The minimum absolute atomic E-state index is 0.201. The van der Waals surface area contributed by atoms with Gasteiger partial charge in [-0.3, -0.25) is 0 Å². The third kappa shape index (κ3) is 2.96. The second-order valence-electron chi connectivity index (χ2n) is 5.04. The van der Waals surface area contributed by atoms with Crippen LogP contribution in [0.1, 0.15) is 30.9 Å². The van der Waals surface area contributed by atoms with Gasteiger partial charge in [-0.2, -0.15) is 5.11 Å². The van der Waals surface area contributed by atoms with E-state index in [1.165, 1.54) is 17.2 Å². The summed E-state index contributed by atoms with van der Waals surface area (Å²) in [6, 6.07) is 10.5. The van der Waals surface area contributed by atoms with Gasteiger partial charge in [0.25, 0.3) is 0 Å². The Morgan fingerprint density at radius 3 is 2.45 bits per heavy atom. The average molecular weight is 270 g/mol. The van der Waals surface area contributed by atoms with E-state index < -0.39 is 0 Å². The number of para-hydroxylation sites is 1. The molecule has 0 aliphatic rings. The van der Waals surface area contributed by atoms with Crippen LogP contribution >= 0.6 is 0 Å². The van der Waals surface area contributed by atoms with Gasteiger partial charge in [-0.15, -0.1) is 5.11 Å². The van der Waals surface area contributed by atoms with Crippen molar-refractivity contribution in [1.82, 2.24) is 0 Å². The standard InChI is InChI=1S/C16H18N2O2/c1-10(2)13-9-12(8-7-11(13)3)17-18-14-5-4-6-15(19)16(14)20/h4-10,19-20H,1-3H3. The van der Waals surface area contributed by atoms with Gasteiger partial charge in [-0.1, -0.05) is 26.0 Å². The molecule has 104 valence electrons. The van der Waals surface area contributed by atoms with E-state index in [-0.39, 0.29) is 17.2 Å². The van der Waals surface area contributed by atoms with Gasteiger partial charge in [-0.25, -0.2) is 0 Å². The molecule has 2 rings (SSSR count). The maximum atomic E-state index is 9.66. The first-order valence-electron chi connectivity index (χ1n) is 6.52. The molecule has 2 aromatic carbocycles. The molecule has 0 fully saturated rings. The Bertz CT molecular complexity index is 649. The fraction of sp³-hybridized carbons (Fsp3) is 0.250. The SMILES string of the molecule is Cc1ccc(N=Nc2cccc(O)c2O)cc1C(C)C. The highest BCUT2D eigenvalue weighted by atomic mass is 16.3. The number of aryl methyl sites for hydroxylation is 1. The van der Waals surface area contributed by atoms with Crippen LogP contribution in [0.15, 0.2) is 46.6 Å². The summed E-state index contributed by atoms with van der Waals surface area (Å²) in [4.78, 5) is 0. The van der Waals surface area contributed by atoms with E-state index in [1.54, 1.807) is 12.1 Å². The third-order valence-electron chi connectivity index (χ3n) is 3.15. The summed E-state index contributed by atoms with van der Waals surface area (Å²) >= 11 is 0. The number of phenolic OH excluding ortho intramolecular Hbond substituents is 2. The monoisotopic (exact) mass is 270 g/mol. The molecule has 0 radical (unpaired) electrons. The van der Waals surface area contributed by atoms with Gasteiger partial charge < -0.3 is 10.2 Å². The number of azo groups is 1. The van der Waals surface area contributed by atoms with Crippen molar-refractivity contribution in [2.45, 2.75) is 26.7 Å². The third-order valence-corrected chi connectivity index (χ3v) is 3.15.